The molecule has 0 fully saturated rings. The first-order valence-corrected chi connectivity index (χ1v) is 9.49. The highest BCUT2D eigenvalue weighted by Gasteiger charge is 2.14. The minimum atomic E-state index is -0.361. The molecule has 0 aliphatic heterocycles. The van der Waals surface area contributed by atoms with Crippen LogP contribution in [-0.2, 0) is 17.6 Å². The van der Waals surface area contributed by atoms with Crippen LogP contribution in [0, 0.1) is 11.8 Å². The summed E-state index contributed by atoms with van der Waals surface area (Å²) in [4.78, 5) is 11.6. The third-order valence-electron chi connectivity index (χ3n) is 3.86. The van der Waals surface area contributed by atoms with Gasteiger partial charge in [-0.2, -0.15) is 0 Å². The Balaban J connectivity index is 1.73. The van der Waals surface area contributed by atoms with Crippen molar-refractivity contribution in [3.63, 3.8) is 0 Å². The van der Waals surface area contributed by atoms with Crippen molar-refractivity contribution in [2.45, 2.75) is 52.0 Å². The van der Waals surface area contributed by atoms with Crippen LogP contribution in [0.2, 0.25) is 0 Å². The van der Waals surface area contributed by atoms with Crippen LogP contribution in [0.25, 0.3) is 0 Å². The molecule has 0 spiro atoms. The number of carbonyl (C=O) groups is 1. The van der Waals surface area contributed by atoms with E-state index in [4.69, 9.17) is 4.74 Å². The molecule has 0 aromatic heterocycles. The van der Waals surface area contributed by atoms with E-state index in [1.807, 2.05) is 39.0 Å². The maximum Gasteiger partial charge on any atom is 0.407 e. The number of hydrogen-bond acceptors (Lipinski definition) is 2. The predicted molar refractivity (Wildman–Crippen MR) is 111 cm³/mol. The van der Waals surface area contributed by atoms with Crippen LogP contribution in [0.1, 0.15) is 50.3 Å². The first-order valence-electron chi connectivity index (χ1n) is 9.49. The molecule has 0 bridgehead atoms. The van der Waals surface area contributed by atoms with Crippen LogP contribution in [0.4, 0.5) is 4.79 Å². The van der Waals surface area contributed by atoms with Gasteiger partial charge in [0.05, 0.1) is 6.61 Å². The summed E-state index contributed by atoms with van der Waals surface area (Å²) in [5, 5.41) is 2.79. The van der Waals surface area contributed by atoms with Crippen LogP contribution >= 0.6 is 0 Å². The smallest absolute Gasteiger partial charge is 0.407 e. The second-order valence-electron chi connectivity index (χ2n) is 7.60. The largest absolute Gasteiger partial charge is 0.450 e. The van der Waals surface area contributed by atoms with Crippen molar-refractivity contribution in [1.82, 2.24) is 5.32 Å². The summed E-state index contributed by atoms with van der Waals surface area (Å²) in [6.45, 7) is 6.21. The summed E-state index contributed by atoms with van der Waals surface area (Å²) in [5.41, 5.74) is 3.29. The number of aryl methyl sites for hydroxylation is 2. The van der Waals surface area contributed by atoms with E-state index in [1.54, 1.807) is 0 Å². The SMILES string of the molecule is CC(C)(C)NC(=O)OCCCc1cccc(C#CCCc2ccccc2)c1. The Morgan fingerprint density at radius 2 is 1.74 bits per heavy atom. The molecule has 0 atom stereocenters. The predicted octanol–water partition coefficient (Wildman–Crippen LogP) is 5.13. The summed E-state index contributed by atoms with van der Waals surface area (Å²) >= 11 is 0. The van der Waals surface area contributed by atoms with E-state index in [0.717, 1.165) is 31.2 Å². The minimum absolute atomic E-state index is 0.273. The van der Waals surface area contributed by atoms with Gasteiger partial charge in [0.1, 0.15) is 0 Å². The first-order chi connectivity index (χ1) is 12.9. The summed E-state index contributed by atoms with van der Waals surface area (Å²) < 4.78 is 5.21. The van der Waals surface area contributed by atoms with Gasteiger partial charge < -0.3 is 10.1 Å². The van der Waals surface area contributed by atoms with E-state index in [-0.39, 0.29) is 11.6 Å². The first kappa shape index (κ1) is 20.6. The zero-order valence-electron chi connectivity index (χ0n) is 16.5. The zero-order chi connectivity index (χ0) is 19.5. The molecule has 2 aromatic rings. The van der Waals surface area contributed by atoms with Crippen molar-refractivity contribution < 1.29 is 9.53 Å². The Morgan fingerprint density at radius 3 is 2.48 bits per heavy atom. The van der Waals surface area contributed by atoms with E-state index >= 15 is 0 Å². The van der Waals surface area contributed by atoms with Gasteiger partial charge in [-0.25, -0.2) is 4.79 Å². The monoisotopic (exact) mass is 363 g/mol. The second-order valence-corrected chi connectivity index (χ2v) is 7.60. The van der Waals surface area contributed by atoms with Gasteiger partial charge in [-0.15, -0.1) is 0 Å². The Bertz CT molecular complexity index is 779. The molecule has 27 heavy (non-hydrogen) atoms. The van der Waals surface area contributed by atoms with Gasteiger partial charge in [-0.3, -0.25) is 0 Å². The zero-order valence-corrected chi connectivity index (χ0v) is 16.5. The molecular formula is C24H29NO2. The maximum absolute atomic E-state index is 11.6. The number of carbonyl (C=O) groups excluding carboxylic acids is 1. The van der Waals surface area contributed by atoms with Crippen LogP contribution in [0.3, 0.4) is 0 Å². The number of amides is 1. The molecule has 2 rings (SSSR count). The summed E-state index contributed by atoms with van der Waals surface area (Å²) in [5.74, 6) is 6.50. The summed E-state index contributed by atoms with van der Waals surface area (Å²) in [6, 6.07) is 18.7. The average Bonchev–Trinajstić information content (AvgIpc) is 2.62. The van der Waals surface area contributed by atoms with E-state index < -0.39 is 0 Å². The Kier molecular flexibility index (Phi) is 7.95. The normalized spacial score (nSPS) is 10.6. The van der Waals surface area contributed by atoms with Crippen molar-refractivity contribution in [3.05, 3.63) is 71.3 Å². The van der Waals surface area contributed by atoms with Gasteiger partial charge in [0.15, 0.2) is 0 Å². The third-order valence-corrected chi connectivity index (χ3v) is 3.86. The molecular weight excluding hydrogens is 334 g/mol. The van der Waals surface area contributed by atoms with Crippen LogP contribution in [0.15, 0.2) is 54.6 Å². The molecule has 0 saturated heterocycles. The van der Waals surface area contributed by atoms with Crippen molar-refractivity contribution in [1.29, 1.82) is 0 Å². The molecule has 2 aromatic carbocycles. The fourth-order valence-electron chi connectivity index (χ4n) is 2.60. The topological polar surface area (TPSA) is 38.3 Å². The van der Waals surface area contributed by atoms with Crippen molar-refractivity contribution in [2.24, 2.45) is 0 Å². The molecule has 0 unspecified atom stereocenters. The van der Waals surface area contributed by atoms with E-state index in [0.29, 0.717) is 6.61 Å². The Morgan fingerprint density at radius 1 is 1.00 bits per heavy atom. The molecule has 3 nitrogen and oxygen atoms in total. The lowest BCUT2D eigenvalue weighted by atomic mass is 10.1. The highest BCUT2D eigenvalue weighted by atomic mass is 16.5. The van der Waals surface area contributed by atoms with Gasteiger partial charge in [-0.05, 0) is 63.3 Å². The molecule has 1 amide bonds. The van der Waals surface area contributed by atoms with Crippen LogP contribution in [0.5, 0.6) is 0 Å². The summed E-state index contributed by atoms with van der Waals surface area (Å²) in [6.07, 6.45) is 3.12. The van der Waals surface area contributed by atoms with Gasteiger partial charge in [0.2, 0.25) is 0 Å². The third kappa shape index (κ3) is 8.96. The number of alkyl carbamates (subject to hydrolysis) is 1. The molecule has 142 valence electrons. The van der Waals surface area contributed by atoms with Crippen molar-refractivity contribution in [2.75, 3.05) is 6.61 Å². The maximum atomic E-state index is 11.6. The molecule has 0 heterocycles. The second kappa shape index (κ2) is 10.4. The molecule has 0 radical (unpaired) electrons. The van der Waals surface area contributed by atoms with Gasteiger partial charge in [0.25, 0.3) is 0 Å². The quantitative estimate of drug-likeness (QED) is 0.571. The number of rotatable bonds is 6. The Hall–Kier alpha value is -2.73. The number of ether oxygens (including phenoxy) is 1. The van der Waals surface area contributed by atoms with E-state index in [2.05, 4.69) is 53.6 Å². The van der Waals surface area contributed by atoms with Gasteiger partial charge in [0, 0.05) is 17.5 Å². The summed E-state index contributed by atoms with van der Waals surface area (Å²) in [7, 11) is 0. The fraction of sp³-hybridized carbons (Fsp3) is 0.375. The average molecular weight is 364 g/mol. The molecule has 1 N–H and O–H groups in total. The Labute approximate surface area is 163 Å². The van der Waals surface area contributed by atoms with E-state index in [9.17, 15) is 4.79 Å². The van der Waals surface area contributed by atoms with Crippen LogP contribution < -0.4 is 5.32 Å². The highest BCUT2D eigenvalue weighted by molar-refractivity contribution is 5.68. The lowest BCUT2D eigenvalue weighted by Gasteiger charge is -2.19. The van der Waals surface area contributed by atoms with E-state index in [1.165, 1.54) is 11.1 Å². The number of benzene rings is 2. The molecule has 0 aliphatic carbocycles. The fourth-order valence-corrected chi connectivity index (χ4v) is 2.60. The van der Waals surface area contributed by atoms with Crippen molar-refractivity contribution >= 4 is 6.09 Å². The van der Waals surface area contributed by atoms with Gasteiger partial charge in [-0.1, -0.05) is 54.3 Å². The van der Waals surface area contributed by atoms with Gasteiger partial charge >= 0.3 is 6.09 Å². The molecule has 0 aliphatic rings. The lowest BCUT2D eigenvalue weighted by molar-refractivity contribution is 0.136. The molecule has 3 heteroatoms. The highest BCUT2D eigenvalue weighted by Crippen LogP contribution is 2.08. The minimum Gasteiger partial charge on any atom is -0.450 e. The number of hydrogen-bond donors (Lipinski definition) is 1. The standard InChI is InChI=1S/C24H29NO2/c1-24(2,3)25-23(26)27-18-10-17-22-16-9-15-21(19-22)14-8-7-13-20-11-5-4-6-12-20/h4-6,9,11-12,15-16,19H,7,10,13,17-18H2,1-3H3,(H,25,26). The van der Waals surface area contributed by atoms with Crippen molar-refractivity contribution in [3.8, 4) is 11.8 Å². The molecule has 0 saturated carbocycles. The van der Waals surface area contributed by atoms with Crippen LogP contribution in [-0.4, -0.2) is 18.2 Å². The number of nitrogens with one attached hydrogen (secondary N) is 1. The lowest BCUT2D eigenvalue weighted by Crippen LogP contribution is -2.41.